The van der Waals surface area contributed by atoms with Gasteiger partial charge >= 0.3 is 0 Å². The van der Waals surface area contributed by atoms with E-state index in [1.54, 1.807) is 0 Å². The van der Waals surface area contributed by atoms with E-state index in [2.05, 4.69) is 11.9 Å². The number of fused-ring (bicyclic) bond motifs is 1. The molecule has 2 heterocycles. The summed E-state index contributed by atoms with van der Waals surface area (Å²) >= 11 is 0. The summed E-state index contributed by atoms with van der Waals surface area (Å²) in [7, 11) is 0. The number of likely N-dealkylation sites (tertiary alicyclic amines) is 1. The number of nitrogens with one attached hydrogen (secondary N) is 1. The molecule has 1 amide bonds. The largest absolute Gasteiger partial charge is 0.351 e. The van der Waals surface area contributed by atoms with Crippen molar-refractivity contribution in [3.8, 4) is 0 Å². The number of nitrogens with two attached hydrogens (primary N) is 1. The second-order valence-corrected chi connectivity index (χ2v) is 5.12. The Bertz CT molecular complexity index is 546. The molecule has 0 spiro atoms. The van der Waals surface area contributed by atoms with Gasteiger partial charge in [0.25, 0.3) is 5.91 Å². The smallest absolute Gasteiger partial charge is 0.270 e. The molecule has 94 valence electrons. The Kier molecular flexibility index (Phi) is 2.59. The topological polar surface area (TPSA) is 62.1 Å². The van der Waals surface area contributed by atoms with E-state index >= 15 is 0 Å². The Morgan fingerprint density at radius 3 is 2.83 bits per heavy atom. The van der Waals surface area contributed by atoms with E-state index in [1.807, 2.05) is 35.2 Å². The van der Waals surface area contributed by atoms with E-state index in [9.17, 15) is 4.79 Å². The van der Waals surface area contributed by atoms with Gasteiger partial charge in [-0.3, -0.25) is 4.79 Å². The van der Waals surface area contributed by atoms with Crippen LogP contribution in [0.4, 0.5) is 0 Å². The van der Waals surface area contributed by atoms with Gasteiger partial charge in [-0.2, -0.15) is 0 Å². The van der Waals surface area contributed by atoms with Crippen LogP contribution in [0.3, 0.4) is 0 Å². The molecular weight excluding hydrogens is 226 g/mol. The number of carbonyl (C=O) groups excluding carboxylic acids is 1. The fourth-order valence-electron chi connectivity index (χ4n) is 2.52. The number of amides is 1. The van der Waals surface area contributed by atoms with Crippen LogP contribution in [0.5, 0.6) is 0 Å². The molecule has 1 aromatic carbocycles. The minimum Gasteiger partial charge on any atom is -0.351 e. The Morgan fingerprint density at radius 2 is 2.17 bits per heavy atom. The lowest BCUT2D eigenvalue weighted by Gasteiger charge is -2.14. The number of H-pyrrole nitrogens is 1. The number of nitrogens with zero attached hydrogens (tertiary/aromatic N) is 1. The molecule has 0 aliphatic carbocycles. The summed E-state index contributed by atoms with van der Waals surface area (Å²) < 4.78 is 0. The van der Waals surface area contributed by atoms with E-state index in [4.69, 9.17) is 5.73 Å². The van der Waals surface area contributed by atoms with Crippen LogP contribution in [0.25, 0.3) is 10.9 Å². The number of para-hydroxylation sites is 1. The van der Waals surface area contributed by atoms with E-state index < -0.39 is 0 Å². The Hall–Kier alpha value is -1.81. The third-order valence-corrected chi connectivity index (χ3v) is 3.72. The zero-order valence-corrected chi connectivity index (χ0v) is 10.4. The van der Waals surface area contributed by atoms with Crippen molar-refractivity contribution >= 4 is 16.8 Å². The Labute approximate surface area is 106 Å². The van der Waals surface area contributed by atoms with Gasteiger partial charge in [0.15, 0.2) is 0 Å². The number of carbonyl (C=O) groups is 1. The highest BCUT2D eigenvalue weighted by Crippen LogP contribution is 2.20. The molecule has 3 rings (SSSR count). The first-order chi connectivity index (χ1) is 8.65. The zero-order valence-electron chi connectivity index (χ0n) is 10.4. The van der Waals surface area contributed by atoms with Crippen LogP contribution in [-0.4, -0.2) is 34.9 Å². The molecule has 1 fully saturated rings. The Balaban J connectivity index is 1.88. The van der Waals surface area contributed by atoms with Gasteiger partial charge < -0.3 is 15.6 Å². The summed E-state index contributed by atoms with van der Waals surface area (Å²) in [5, 5.41) is 1.07. The molecule has 0 bridgehead atoms. The number of rotatable bonds is 1. The van der Waals surface area contributed by atoms with Crippen molar-refractivity contribution in [1.29, 1.82) is 0 Å². The fourth-order valence-corrected chi connectivity index (χ4v) is 2.52. The first kappa shape index (κ1) is 11.3. The molecular formula is C14H17N3O. The van der Waals surface area contributed by atoms with Crippen LogP contribution in [0.15, 0.2) is 30.3 Å². The van der Waals surface area contributed by atoms with Gasteiger partial charge in [0.05, 0.1) is 0 Å². The normalized spacial score (nSPS) is 23.8. The highest BCUT2D eigenvalue weighted by molar-refractivity contribution is 5.98. The number of hydrogen-bond donors (Lipinski definition) is 2. The highest BCUT2D eigenvalue weighted by Gasteiger charge is 2.30. The maximum Gasteiger partial charge on any atom is 0.270 e. The van der Waals surface area contributed by atoms with E-state index in [-0.39, 0.29) is 11.9 Å². The van der Waals surface area contributed by atoms with Gasteiger partial charge in [-0.15, -0.1) is 0 Å². The Morgan fingerprint density at radius 1 is 1.39 bits per heavy atom. The predicted octanol–water partition coefficient (Wildman–Crippen LogP) is 1.59. The maximum absolute atomic E-state index is 12.3. The third kappa shape index (κ3) is 1.78. The van der Waals surface area contributed by atoms with E-state index in [1.165, 1.54) is 0 Å². The number of aromatic nitrogens is 1. The monoisotopic (exact) mass is 243 g/mol. The van der Waals surface area contributed by atoms with Crippen LogP contribution in [0.1, 0.15) is 17.4 Å². The van der Waals surface area contributed by atoms with Crippen LogP contribution in [0, 0.1) is 5.92 Å². The maximum atomic E-state index is 12.3. The van der Waals surface area contributed by atoms with Crippen molar-refractivity contribution in [1.82, 2.24) is 9.88 Å². The molecule has 3 N–H and O–H groups in total. The lowest BCUT2D eigenvalue weighted by atomic mass is 10.1. The lowest BCUT2D eigenvalue weighted by molar-refractivity contribution is 0.0782. The summed E-state index contributed by atoms with van der Waals surface area (Å²) in [6, 6.07) is 9.91. The van der Waals surface area contributed by atoms with Crippen molar-refractivity contribution in [3.05, 3.63) is 36.0 Å². The first-order valence-electron chi connectivity index (χ1n) is 6.28. The summed E-state index contributed by atoms with van der Waals surface area (Å²) in [6.45, 7) is 3.48. The molecule has 2 unspecified atom stereocenters. The molecule has 1 aliphatic rings. The van der Waals surface area contributed by atoms with Gasteiger partial charge in [-0.05, 0) is 18.1 Å². The number of aromatic amines is 1. The predicted molar refractivity (Wildman–Crippen MR) is 71.3 cm³/mol. The minimum atomic E-state index is 0.0472. The SMILES string of the molecule is CC1CN(C(=O)c2cc3ccccc3[nH]2)CC1N. The quantitative estimate of drug-likeness (QED) is 0.799. The summed E-state index contributed by atoms with van der Waals surface area (Å²) in [5.74, 6) is 0.421. The van der Waals surface area contributed by atoms with Crippen molar-refractivity contribution in [2.24, 2.45) is 11.7 Å². The molecule has 0 radical (unpaired) electrons. The van der Waals surface area contributed by atoms with Crippen LogP contribution >= 0.6 is 0 Å². The summed E-state index contributed by atoms with van der Waals surface area (Å²) in [4.78, 5) is 17.4. The third-order valence-electron chi connectivity index (χ3n) is 3.72. The second kappa shape index (κ2) is 4.14. The zero-order chi connectivity index (χ0) is 12.7. The van der Waals surface area contributed by atoms with Gasteiger partial charge in [-0.1, -0.05) is 25.1 Å². The number of benzene rings is 1. The highest BCUT2D eigenvalue weighted by atomic mass is 16.2. The van der Waals surface area contributed by atoms with Gasteiger partial charge in [0.1, 0.15) is 5.69 Å². The molecule has 1 saturated heterocycles. The molecule has 1 aromatic heterocycles. The van der Waals surface area contributed by atoms with E-state index in [0.29, 0.717) is 18.2 Å². The summed E-state index contributed by atoms with van der Waals surface area (Å²) in [6.07, 6.45) is 0. The van der Waals surface area contributed by atoms with Gasteiger partial charge in [-0.25, -0.2) is 0 Å². The number of hydrogen-bond acceptors (Lipinski definition) is 2. The van der Waals surface area contributed by atoms with Crippen molar-refractivity contribution < 1.29 is 4.79 Å². The standard InChI is InChI=1S/C14H17N3O/c1-9-7-17(8-11(9)15)14(18)13-6-10-4-2-3-5-12(10)16-13/h2-6,9,11,16H,7-8,15H2,1H3. The van der Waals surface area contributed by atoms with Crippen LogP contribution < -0.4 is 5.73 Å². The van der Waals surface area contributed by atoms with Gasteiger partial charge in [0.2, 0.25) is 0 Å². The molecule has 2 atom stereocenters. The molecule has 4 nitrogen and oxygen atoms in total. The molecule has 1 aliphatic heterocycles. The lowest BCUT2D eigenvalue weighted by Crippen LogP contribution is -2.32. The minimum absolute atomic E-state index is 0.0472. The average Bonchev–Trinajstić information content (AvgIpc) is 2.93. The van der Waals surface area contributed by atoms with Crippen molar-refractivity contribution in [2.45, 2.75) is 13.0 Å². The molecule has 0 saturated carbocycles. The molecule has 2 aromatic rings. The van der Waals surface area contributed by atoms with Crippen LogP contribution in [0.2, 0.25) is 0 Å². The molecule has 4 heteroatoms. The molecule has 18 heavy (non-hydrogen) atoms. The van der Waals surface area contributed by atoms with Crippen LogP contribution in [-0.2, 0) is 0 Å². The van der Waals surface area contributed by atoms with Crippen molar-refractivity contribution in [3.63, 3.8) is 0 Å². The van der Waals surface area contributed by atoms with Crippen molar-refractivity contribution in [2.75, 3.05) is 13.1 Å². The van der Waals surface area contributed by atoms with Gasteiger partial charge in [0, 0.05) is 30.0 Å². The average molecular weight is 243 g/mol. The fraction of sp³-hybridized carbons (Fsp3) is 0.357. The van der Waals surface area contributed by atoms with E-state index in [0.717, 1.165) is 17.4 Å². The first-order valence-corrected chi connectivity index (χ1v) is 6.28. The second-order valence-electron chi connectivity index (χ2n) is 5.12. The summed E-state index contributed by atoms with van der Waals surface area (Å²) in [5.41, 5.74) is 7.60.